The zero-order chi connectivity index (χ0) is 43.9. The SMILES string of the molecule is COc1c(N2CCN(CCN3CCN(Cc4ccc(Cc5ncc(F)c(-c6cc(F)c7nc(C)n(C(C)C)c7c6)n5)nc4)CC3)CC2)ccc2c1CN(C1CCC(=O)NC1=O)C2=O. The summed E-state index contributed by atoms with van der Waals surface area (Å²) in [6, 6.07) is 10.3. The Morgan fingerprint density at radius 1 is 0.857 bits per heavy atom. The molecule has 0 spiro atoms. The normalized spacial score (nSPS) is 19.1. The molecule has 3 amide bonds. The standard InChI is InChI=1S/C46H53F2N11O4/c1-28(2)59-29(3)51-43-35(47)21-31(22-39(43)59)42-36(48)25-50-40(52-42)23-32-6-5-30(24-49-32)26-56-15-13-54(14-16-56)11-12-55-17-19-57(20-18-55)37-8-7-33-34(44(37)63-4)27-58(46(33)62)38-9-10-41(60)53-45(38)61/h5-8,21-22,24-25,28,38H,9-20,23,26-27H2,1-4H3,(H,53,60,61). The van der Waals surface area contributed by atoms with Crippen LogP contribution in [-0.4, -0.2) is 140 Å². The van der Waals surface area contributed by atoms with E-state index in [9.17, 15) is 14.4 Å². The number of rotatable bonds is 12. The Labute approximate surface area is 365 Å². The van der Waals surface area contributed by atoms with Gasteiger partial charge in [0.15, 0.2) is 11.6 Å². The first kappa shape index (κ1) is 42.4. The third-order valence-corrected chi connectivity index (χ3v) is 12.9. The lowest BCUT2D eigenvalue weighted by Crippen LogP contribution is -2.52. The second kappa shape index (κ2) is 17.7. The highest BCUT2D eigenvalue weighted by Crippen LogP contribution is 2.40. The summed E-state index contributed by atoms with van der Waals surface area (Å²) in [5, 5.41) is 2.37. The Kier molecular flexibility index (Phi) is 11.9. The van der Waals surface area contributed by atoms with Crippen LogP contribution in [-0.2, 0) is 29.1 Å². The number of pyridine rings is 1. The van der Waals surface area contributed by atoms with Crippen molar-refractivity contribution in [1.82, 2.24) is 49.4 Å². The number of aromatic nitrogens is 5. The van der Waals surface area contributed by atoms with Gasteiger partial charge in [-0.05, 0) is 63.1 Å². The highest BCUT2D eigenvalue weighted by atomic mass is 19.1. The van der Waals surface area contributed by atoms with Crippen LogP contribution in [0.3, 0.4) is 0 Å². The second-order valence-electron chi connectivity index (χ2n) is 17.3. The summed E-state index contributed by atoms with van der Waals surface area (Å²) in [7, 11) is 1.63. The van der Waals surface area contributed by atoms with Gasteiger partial charge < -0.3 is 19.1 Å². The van der Waals surface area contributed by atoms with Crippen LogP contribution in [0.25, 0.3) is 22.3 Å². The summed E-state index contributed by atoms with van der Waals surface area (Å²) in [5.41, 5.74) is 5.42. The fourth-order valence-corrected chi connectivity index (χ4v) is 9.57. The minimum absolute atomic E-state index is 0.0458. The van der Waals surface area contributed by atoms with E-state index in [4.69, 9.17) is 9.72 Å². The maximum atomic E-state index is 15.2. The Morgan fingerprint density at radius 2 is 1.59 bits per heavy atom. The smallest absolute Gasteiger partial charge is 0.255 e. The highest BCUT2D eigenvalue weighted by molar-refractivity contribution is 6.06. The summed E-state index contributed by atoms with van der Waals surface area (Å²) < 4.78 is 38.1. The molecule has 4 aliphatic heterocycles. The third-order valence-electron chi connectivity index (χ3n) is 12.9. The Hall–Kier alpha value is -5.91. The van der Waals surface area contributed by atoms with Gasteiger partial charge in [-0.3, -0.25) is 39.4 Å². The van der Waals surface area contributed by atoms with Crippen molar-refractivity contribution in [2.75, 3.05) is 77.5 Å². The molecule has 17 heteroatoms. The zero-order valence-corrected chi connectivity index (χ0v) is 36.2. The highest BCUT2D eigenvalue weighted by Gasteiger charge is 2.41. The molecule has 3 saturated heterocycles. The summed E-state index contributed by atoms with van der Waals surface area (Å²) in [4.78, 5) is 66.8. The molecule has 1 N–H and O–H groups in total. The minimum atomic E-state index is -0.665. The van der Waals surface area contributed by atoms with E-state index < -0.39 is 23.6 Å². The monoisotopic (exact) mass is 861 g/mol. The topological polar surface area (TPSA) is 145 Å². The van der Waals surface area contributed by atoms with Crippen LogP contribution in [0, 0.1) is 18.6 Å². The fourth-order valence-electron chi connectivity index (χ4n) is 9.57. The Bertz CT molecular complexity index is 2550. The van der Waals surface area contributed by atoms with Gasteiger partial charge in [0.2, 0.25) is 11.8 Å². The number of nitrogens with zero attached hydrogens (tertiary/aromatic N) is 10. The van der Waals surface area contributed by atoms with Crippen LogP contribution < -0.4 is 15.0 Å². The first-order valence-corrected chi connectivity index (χ1v) is 21.8. The largest absolute Gasteiger partial charge is 0.494 e. The molecule has 5 aromatic rings. The molecule has 1 unspecified atom stereocenters. The molecule has 2 aromatic carbocycles. The van der Waals surface area contributed by atoms with Crippen LogP contribution in [0.5, 0.6) is 5.75 Å². The van der Waals surface area contributed by atoms with E-state index in [1.807, 2.05) is 49.7 Å². The lowest BCUT2D eigenvalue weighted by atomic mass is 10.0. The number of aryl methyl sites for hydroxylation is 1. The first-order valence-electron chi connectivity index (χ1n) is 21.8. The molecule has 7 heterocycles. The molecular formula is C46H53F2N11O4. The summed E-state index contributed by atoms with van der Waals surface area (Å²) in [5.74, 6) is -0.295. The number of carbonyl (C=O) groups excluding carboxylic acids is 3. The van der Waals surface area contributed by atoms with Gasteiger partial charge in [0.25, 0.3) is 5.91 Å². The van der Waals surface area contributed by atoms with Gasteiger partial charge in [-0.2, -0.15) is 0 Å². The van der Waals surface area contributed by atoms with Crippen LogP contribution in [0.15, 0.2) is 48.8 Å². The van der Waals surface area contributed by atoms with Crippen molar-refractivity contribution in [1.29, 1.82) is 0 Å². The number of halogens is 2. The quantitative estimate of drug-likeness (QED) is 0.178. The van der Waals surface area contributed by atoms with E-state index in [0.29, 0.717) is 46.9 Å². The number of hydrogen-bond acceptors (Lipinski definition) is 12. The predicted molar refractivity (Wildman–Crippen MR) is 232 cm³/mol. The number of benzene rings is 2. The van der Waals surface area contributed by atoms with Gasteiger partial charge in [0.05, 0.1) is 37.5 Å². The number of ether oxygens (including phenoxy) is 1. The number of anilines is 1. The molecule has 0 aliphatic carbocycles. The molecule has 0 saturated carbocycles. The molecule has 9 rings (SSSR count). The van der Waals surface area contributed by atoms with Crippen LogP contribution in [0.2, 0.25) is 0 Å². The number of piperidine rings is 1. The lowest BCUT2D eigenvalue weighted by Gasteiger charge is -2.39. The van der Waals surface area contributed by atoms with E-state index >= 15 is 8.78 Å². The number of hydrogen-bond donors (Lipinski definition) is 1. The number of fused-ring (bicyclic) bond motifs is 2. The summed E-state index contributed by atoms with van der Waals surface area (Å²) in [6.07, 6.45) is 3.88. The van der Waals surface area contributed by atoms with Crippen molar-refractivity contribution in [3.8, 4) is 17.0 Å². The molecule has 3 fully saturated rings. The zero-order valence-electron chi connectivity index (χ0n) is 36.2. The van der Waals surface area contributed by atoms with Crippen LogP contribution in [0.1, 0.15) is 71.6 Å². The molecule has 0 bridgehead atoms. The first-order chi connectivity index (χ1) is 30.4. The van der Waals surface area contributed by atoms with Crippen LogP contribution >= 0.6 is 0 Å². The third kappa shape index (κ3) is 8.61. The summed E-state index contributed by atoms with van der Waals surface area (Å²) in [6.45, 7) is 16.3. The van der Waals surface area contributed by atoms with E-state index in [1.54, 1.807) is 18.1 Å². The number of piperazine rings is 2. The van der Waals surface area contributed by atoms with Gasteiger partial charge in [0, 0.05) is 113 Å². The van der Waals surface area contributed by atoms with Gasteiger partial charge in [-0.25, -0.2) is 23.7 Å². The number of imide groups is 1. The van der Waals surface area contributed by atoms with Gasteiger partial charge in [-0.15, -0.1) is 0 Å². The minimum Gasteiger partial charge on any atom is -0.494 e. The average molecular weight is 862 g/mol. The summed E-state index contributed by atoms with van der Waals surface area (Å²) >= 11 is 0. The maximum absolute atomic E-state index is 15.2. The van der Waals surface area contributed by atoms with Crippen LogP contribution in [0.4, 0.5) is 14.5 Å². The van der Waals surface area contributed by atoms with E-state index in [0.717, 1.165) is 101 Å². The van der Waals surface area contributed by atoms with Crippen molar-refractivity contribution in [2.24, 2.45) is 0 Å². The molecule has 4 aliphatic rings. The van der Waals surface area contributed by atoms with Gasteiger partial charge in [0.1, 0.15) is 34.7 Å². The average Bonchev–Trinajstić information content (AvgIpc) is 3.80. The second-order valence-corrected chi connectivity index (χ2v) is 17.3. The Morgan fingerprint density at radius 3 is 2.27 bits per heavy atom. The van der Waals surface area contributed by atoms with Crippen molar-refractivity contribution in [3.63, 3.8) is 0 Å². The molecule has 63 heavy (non-hydrogen) atoms. The molecule has 3 aromatic heterocycles. The molecular weight excluding hydrogens is 809 g/mol. The van der Waals surface area contributed by atoms with Gasteiger partial charge >= 0.3 is 0 Å². The molecule has 330 valence electrons. The predicted octanol–water partition coefficient (Wildman–Crippen LogP) is 4.36. The van der Waals surface area contributed by atoms with E-state index in [2.05, 4.69) is 45.9 Å². The lowest BCUT2D eigenvalue weighted by molar-refractivity contribution is -0.136. The van der Waals surface area contributed by atoms with Crippen molar-refractivity contribution >= 4 is 34.4 Å². The van der Waals surface area contributed by atoms with Crippen molar-refractivity contribution in [2.45, 2.75) is 65.2 Å². The molecule has 15 nitrogen and oxygen atoms in total. The van der Waals surface area contributed by atoms with E-state index in [-0.39, 0.29) is 42.0 Å². The molecule has 1 atom stereocenters. The number of carbonyl (C=O) groups is 3. The van der Waals surface area contributed by atoms with Gasteiger partial charge in [-0.1, -0.05) is 6.07 Å². The number of nitrogens with one attached hydrogen (secondary N) is 1. The molecule has 0 radical (unpaired) electrons. The number of imidazole rings is 1. The number of methoxy groups -OCH3 is 1. The Balaban J connectivity index is 0.732. The fraction of sp³-hybridized carbons (Fsp3) is 0.457. The van der Waals surface area contributed by atoms with Crippen molar-refractivity contribution < 1.29 is 27.9 Å². The van der Waals surface area contributed by atoms with E-state index in [1.165, 1.54) is 6.07 Å². The maximum Gasteiger partial charge on any atom is 0.255 e. The number of amides is 3. The van der Waals surface area contributed by atoms with Crippen molar-refractivity contribution in [3.05, 3.63) is 94.5 Å².